The largest absolute Gasteiger partial charge is 1.00 e. The molecule has 0 amide bonds. The fourth-order valence-corrected chi connectivity index (χ4v) is 3.97. The quantitative estimate of drug-likeness (QED) is 0.439. The molecule has 0 aromatic heterocycles. The van der Waals surface area contributed by atoms with Crippen LogP contribution in [0.15, 0.2) is 42.5 Å². The van der Waals surface area contributed by atoms with E-state index in [0.29, 0.717) is 0 Å². The van der Waals surface area contributed by atoms with Gasteiger partial charge in [0.25, 0.3) is 0 Å². The van der Waals surface area contributed by atoms with Gasteiger partial charge in [0.15, 0.2) is 0 Å². The van der Waals surface area contributed by atoms with Gasteiger partial charge >= 0.3 is 0 Å². The number of halogens is 2. The summed E-state index contributed by atoms with van der Waals surface area (Å²) in [7, 11) is 0. The minimum Gasteiger partial charge on any atom is -1.00 e. The van der Waals surface area contributed by atoms with Crippen LogP contribution < -0.4 is 24.8 Å². The maximum atomic E-state index is 3.68. The predicted molar refractivity (Wildman–Crippen MR) is 110 cm³/mol. The molecule has 0 aliphatic carbocycles. The van der Waals surface area contributed by atoms with E-state index in [1.165, 1.54) is 55.6 Å². The third kappa shape index (κ3) is 5.54. The monoisotopic (exact) mass is 504 g/mol. The molecule has 0 aliphatic heterocycles. The molecule has 0 fully saturated rings. The molecule has 0 N–H and O–H groups in total. The zero-order chi connectivity index (χ0) is 17.4. The second-order valence-corrected chi connectivity index (χ2v) is 7.03. The molecular formula is C24H25Cl2Sb-2. The van der Waals surface area contributed by atoms with Crippen LogP contribution in [0.25, 0.3) is 22.3 Å². The van der Waals surface area contributed by atoms with Gasteiger partial charge in [0.2, 0.25) is 0 Å². The van der Waals surface area contributed by atoms with Crippen molar-refractivity contribution >= 4 is 24.4 Å². The third-order valence-electron chi connectivity index (χ3n) is 4.69. The van der Waals surface area contributed by atoms with E-state index in [-0.39, 0.29) is 49.2 Å². The summed E-state index contributed by atoms with van der Waals surface area (Å²) in [6.07, 6.45) is 0. The summed E-state index contributed by atoms with van der Waals surface area (Å²) in [6, 6.07) is 19.2. The Bertz CT molecular complexity index is 811. The number of hydrogen-bond donors (Lipinski definition) is 0. The van der Waals surface area contributed by atoms with E-state index in [9.17, 15) is 0 Å². The summed E-state index contributed by atoms with van der Waals surface area (Å²) in [5.74, 6) is 0. The Morgan fingerprint density at radius 1 is 0.556 bits per heavy atom. The van der Waals surface area contributed by atoms with Crippen LogP contribution in [0.2, 0.25) is 0 Å². The molecule has 4 radical (unpaired) electrons. The molecule has 0 bridgehead atoms. The van der Waals surface area contributed by atoms with Crippen LogP contribution in [0.4, 0.5) is 0 Å². The van der Waals surface area contributed by atoms with Gasteiger partial charge in [-0.2, -0.15) is 0 Å². The standard InChI is InChI=1S/C24H25.2ClH.Sb/c1-15-10-17(3)23(18(4)11-15)21-8-7-9-22(14-21)24-19(5)12-16(2)13-20(24)6;;;/h7-13H,1-6H3;2*1H;/p-2. The average Bonchev–Trinajstić information content (AvgIpc) is 2.45. The second-order valence-electron chi connectivity index (χ2n) is 7.03. The van der Waals surface area contributed by atoms with Crippen molar-refractivity contribution in [1.29, 1.82) is 0 Å². The molecule has 0 aliphatic rings. The average molecular weight is 506 g/mol. The van der Waals surface area contributed by atoms with Crippen LogP contribution in [-0.2, 0) is 0 Å². The SMILES string of the molecule is Cc1cc(C)c(-c2[c]c(-c3c(C)cc(C)cc3C)ccc2)c(C)c1.[Cl-].[Cl-].[Sb]. The van der Waals surface area contributed by atoms with Gasteiger partial charge in [-0.05, 0) is 92.1 Å². The molecule has 3 rings (SSSR count). The van der Waals surface area contributed by atoms with Gasteiger partial charge in [0.1, 0.15) is 0 Å². The van der Waals surface area contributed by atoms with Crippen molar-refractivity contribution in [3.05, 3.63) is 81.9 Å². The molecule has 0 atom stereocenters. The first-order chi connectivity index (χ1) is 11.4. The Hall–Kier alpha value is -0.942. The Morgan fingerprint density at radius 2 is 0.852 bits per heavy atom. The van der Waals surface area contributed by atoms with E-state index in [0.717, 1.165) is 0 Å². The fraction of sp³-hybridized carbons (Fsp3) is 0.250. The number of aryl methyl sites for hydroxylation is 6. The van der Waals surface area contributed by atoms with E-state index >= 15 is 0 Å². The Kier molecular flexibility index (Phi) is 10.2. The molecule has 0 heterocycles. The topological polar surface area (TPSA) is 0 Å². The van der Waals surface area contributed by atoms with Crippen molar-refractivity contribution in [3.63, 3.8) is 0 Å². The molecule has 0 nitrogen and oxygen atoms in total. The first kappa shape index (κ1) is 26.1. The molecule has 0 spiro atoms. The van der Waals surface area contributed by atoms with Crippen LogP contribution in [0, 0.1) is 47.6 Å². The summed E-state index contributed by atoms with van der Waals surface area (Å²) >= 11 is 0. The number of benzene rings is 3. The molecule has 142 valence electrons. The van der Waals surface area contributed by atoms with Crippen LogP contribution in [0.1, 0.15) is 33.4 Å². The van der Waals surface area contributed by atoms with Crippen molar-refractivity contribution in [2.24, 2.45) is 0 Å². The summed E-state index contributed by atoms with van der Waals surface area (Å²) < 4.78 is 0. The molecule has 27 heavy (non-hydrogen) atoms. The van der Waals surface area contributed by atoms with Crippen molar-refractivity contribution in [1.82, 2.24) is 0 Å². The summed E-state index contributed by atoms with van der Waals surface area (Å²) in [5.41, 5.74) is 12.9. The van der Waals surface area contributed by atoms with Gasteiger partial charge in [0, 0.05) is 24.4 Å². The first-order valence-corrected chi connectivity index (χ1v) is 8.55. The summed E-state index contributed by atoms with van der Waals surface area (Å²) in [4.78, 5) is 0. The van der Waals surface area contributed by atoms with Crippen molar-refractivity contribution in [2.75, 3.05) is 0 Å². The van der Waals surface area contributed by atoms with E-state index in [1.807, 2.05) is 0 Å². The number of rotatable bonds is 2. The van der Waals surface area contributed by atoms with Gasteiger partial charge in [-0.15, -0.1) is 0 Å². The normalized spacial score (nSPS) is 9.70. The summed E-state index contributed by atoms with van der Waals surface area (Å²) in [6.45, 7) is 13.1. The molecule has 0 saturated heterocycles. The minimum absolute atomic E-state index is 0. The van der Waals surface area contributed by atoms with Gasteiger partial charge < -0.3 is 24.8 Å². The predicted octanol–water partition coefficient (Wildman–Crippen LogP) is 0.299. The van der Waals surface area contributed by atoms with Crippen molar-refractivity contribution in [2.45, 2.75) is 41.5 Å². The third-order valence-corrected chi connectivity index (χ3v) is 4.69. The molecule has 0 unspecified atom stereocenters. The van der Waals surface area contributed by atoms with Gasteiger partial charge in [-0.3, -0.25) is 0 Å². The van der Waals surface area contributed by atoms with E-state index < -0.39 is 0 Å². The molecule has 3 aromatic rings. The molecular weight excluding hydrogens is 481 g/mol. The van der Waals surface area contributed by atoms with Crippen LogP contribution >= 0.6 is 0 Å². The van der Waals surface area contributed by atoms with Crippen LogP contribution in [0.5, 0.6) is 0 Å². The maximum Gasteiger partial charge on any atom is 0 e. The molecule has 3 heteroatoms. The van der Waals surface area contributed by atoms with Crippen molar-refractivity contribution < 1.29 is 24.8 Å². The van der Waals surface area contributed by atoms with Gasteiger partial charge in [-0.25, -0.2) is 0 Å². The second kappa shape index (κ2) is 10.6. The van der Waals surface area contributed by atoms with Crippen LogP contribution in [-0.4, -0.2) is 24.4 Å². The van der Waals surface area contributed by atoms with Crippen LogP contribution in [0.3, 0.4) is 0 Å². The smallest absolute Gasteiger partial charge is 0 e. The Balaban J connectivity index is 0.00000225. The minimum atomic E-state index is 0. The number of hydrogen-bond acceptors (Lipinski definition) is 0. The first-order valence-electron chi connectivity index (χ1n) is 8.55. The molecule has 3 aromatic carbocycles. The Morgan fingerprint density at radius 3 is 1.15 bits per heavy atom. The van der Waals surface area contributed by atoms with E-state index in [4.69, 9.17) is 0 Å². The van der Waals surface area contributed by atoms with E-state index in [1.54, 1.807) is 0 Å². The van der Waals surface area contributed by atoms with Crippen molar-refractivity contribution in [3.8, 4) is 22.3 Å². The van der Waals surface area contributed by atoms with E-state index in [2.05, 4.69) is 90.1 Å². The molecule has 0 saturated carbocycles. The van der Waals surface area contributed by atoms with Gasteiger partial charge in [0.05, 0.1) is 0 Å². The zero-order valence-corrected chi connectivity index (χ0v) is 20.8. The zero-order valence-electron chi connectivity index (χ0n) is 16.7. The summed E-state index contributed by atoms with van der Waals surface area (Å²) in [5, 5.41) is 0. The maximum absolute atomic E-state index is 3.68. The fourth-order valence-electron chi connectivity index (χ4n) is 3.97. The Labute approximate surface area is 194 Å². The van der Waals surface area contributed by atoms with Gasteiger partial charge in [-0.1, -0.05) is 53.6 Å².